The fourth-order valence-corrected chi connectivity index (χ4v) is 2.22. The summed E-state index contributed by atoms with van der Waals surface area (Å²) < 4.78 is 22.4. The monoisotopic (exact) mass is 285 g/mol. The Morgan fingerprint density at radius 1 is 1.42 bits per heavy atom. The molecule has 0 atom stereocenters. The van der Waals surface area contributed by atoms with Crippen LogP contribution in [0.1, 0.15) is 10.4 Å². The number of anilines is 2. The predicted octanol–water partition coefficient (Wildman–Crippen LogP) is 0.109. The van der Waals surface area contributed by atoms with Gasteiger partial charge >= 0.3 is 0 Å². The van der Waals surface area contributed by atoms with Crippen LogP contribution in [0.25, 0.3) is 0 Å². The lowest BCUT2D eigenvalue weighted by Gasteiger charge is -2.22. The van der Waals surface area contributed by atoms with Crippen molar-refractivity contribution in [2.75, 3.05) is 43.3 Å². The van der Waals surface area contributed by atoms with Gasteiger partial charge in [-0.05, 0) is 18.2 Å². The average Bonchev–Trinajstić information content (AvgIpc) is 2.34. The van der Waals surface area contributed by atoms with Gasteiger partial charge in [0.2, 0.25) is 0 Å². The van der Waals surface area contributed by atoms with Crippen LogP contribution < -0.4 is 16.0 Å². The molecule has 0 aliphatic heterocycles. The van der Waals surface area contributed by atoms with Gasteiger partial charge in [0.25, 0.3) is 5.91 Å². The number of amides is 1. The number of nitrogens with zero attached hydrogens (tertiary/aromatic N) is 1. The normalized spacial score (nSPS) is 11.1. The van der Waals surface area contributed by atoms with Crippen molar-refractivity contribution >= 4 is 27.1 Å². The van der Waals surface area contributed by atoms with E-state index in [0.29, 0.717) is 23.5 Å². The maximum absolute atomic E-state index is 11.8. The lowest BCUT2D eigenvalue weighted by Crippen LogP contribution is -2.28. The van der Waals surface area contributed by atoms with Crippen LogP contribution in [-0.4, -0.2) is 47.0 Å². The minimum Gasteiger partial charge on any atom is -0.399 e. The standard InChI is InChI=1S/C12H19N3O3S/c1-14-12(16)10-5-4-9(13)8-11(10)15(2)6-7-19(3,17)18/h4-5,8H,6-7,13H2,1-3H3,(H,14,16). The fraction of sp³-hybridized carbons (Fsp3) is 0.417. The zero-order chi connectivity index (χ0) is 14.6. The summed E-state index contributed by atoms with van der Waals surface area (Å²) in [6.45, 7) is 0.298. The second-order valence-corrected chi connectivity index (χ2v) is 6.67. The number of carbonyl (C=O) groups is 1. The predicted molar refractivity (Wildman–Crippen MR) is 77.2 cm³/mol. The third-order valence-electron chi connectivity index (χ3n) is 2.70. The van der Waals surface area contributed by atoms with Crippen LogP contribution in [-0.2, 0) is 9.84 Å². The number of nitrogen functional groups attached to an aromatic ring is 1. The molecular weight excluding hydrogens is 266 g/mol. The van der Waals surface area contributed by atoms with Crippen molar-refractivity contribution in [1.82, 2.24) is 5.32 Å². The van der Waals surface area contributed by atoms with Gasteiger partial charge in [0, 0.05) is 32.6 Å². The van der Waals surface area contributed by atoms with Crippen molar-refractivity contribution in [1.29, 1.82) is 0 Å². The van der Waals surface area contributed by atoms with Crippen molar-refractivity contribution in [3.8, 4) is 0 Å². The molecule has 0 spiro atoms. The van der Waals surface area contributed by atoms with Gasteiger partial charge in [-0.2, -0.15) is 0 Å². The van der Waals surface area contributed by atoms with Crippen LogP contribution in [0.4, 0.5) is 11.4 Å². The first-order valence-corrected chi connectivity index (χ1v) is 7.81. The molecule has 1 amide bonds. The molecule has 0 aliphatic rings. The molecule has 0 saturated heterocycles. The van der Waals surface area contributed by atoms with E-state index in [1.165, 1.54) is 6.26 Å². The van der Waals surface area contributed by atoms with E-state index in [2.05, 4.69) is 5.32 Å². The molecule has 106 valence electrons. The quantitative estimate of drug-likeness (QED) is 0.749. The number of carbonyl (C=O) groups excluding carboxylic acids is 1. The zero-order valence-corrected chi connectivity index (χ0v) is 12.1. The lowest BCUT2D eigenvalue weighted by atomic mass is 10.1. The van der Waals surface area contributed by atoms with E-state index in [-0.39, 0.29) is 11.7 Å². The summed E-state index contributed by atoms with van der Waals surface area (Å²) in [6.07, 6.45) is 1.18. The van der Waals surface area contributed by atoms with Gasteiger partial charge in [-0.25, -0.2) is 8.42 Å². The molecule has 0 aliphatic carbocycles. The van der Waals surface area contributed by atoms with Crippen LogP contribution in [0, 0.1) is 0 Å². The molecule has 0 bridgehead atoms. The highest BCUT2D eigenvalue weighted by atomic mass is 32.2. The summed E-state index contributed by atoms with van der Waals surface area (Å²) in [4.78, 5) is 13.5. The Morgan fingerprint density at radius 3 is 2.58 bits per heavy atom. The van der Waals surface area contributed by atoms with Crippen LogP contribution in [0.5, 0.6) is 0 Å². The van der Waals surface area contributed by atoms with Crippen molar-refractivity contribution < 1.29 is 13.2 Å². The van der Waals surface area contributed by atoms with Gasteiger partial charge in [-0.3, -0.25) is 4.79 Å². The summed E-state index contributed by atoms with van der Waals surface area (Å²) in [5.41, 5.74) is 7.31. The minimum atomic E-state index is -3.05. The molecular formula is C12H19N3O3S. The molecule has 0 aromatic heterocycles. The van der Waals surface area contributed by atoms with E-state index in [9.17, 15) is 13.2 Å². The summed E-state index contributed by atoms with van der Waals surface area (Å²) in [5, 5.41) is 2.54. The Labute approximate surface area is 113 Å². The Morgan fingerprint density at radius 2 is 2.05 bits per heavy atom. The number of hydrogen-bond donors (Lipinski definition) is 2. The molecule has 1 aromatic rings. The molecule has 7 heteroatoms. The van der Waals surface area contributed by atoms with E-state index in [1.54, 1.807) is 37.2 Å². The van der Waals surface area contributed by atoms with Crippen molar-refractivity contribution in [2.45, 2.75) is 0 Å². The largest absolute Gasteiger partial charge is 0.399 e. The number of sulfone groups is 1. The van der Waals surface area contributed by atoms with Crippen molar-refractivity contribution in [3.05, 3.63) is 23.8 Å². The van der Waals surface area contributed by atoms with Crippen LogP contribution >= 0.6 is 0 Å². The van der Waals surface area contributed by atoms with Gasteiger partial charge in [0.15, 0.2) is 0 Å². The topological polar surface area (TPSA) is 92.5 Å². The molecule has 6 nitrogen and oxygen atoms in total. The molecule has 3 N–H and O–H groups in total. The summed E-state index contributed by atoms with van der Waals surface area (Å²) in [7, 11) is 0.220. The van der Waals surface area contributed by atoms with Gasteiger partial charge < -0.3 is 16.0 Å². The van der Waals surface area contributed by atoms with Crippen molar-refractivity contribution in [3.63, 3.8) is 0 Å². The highest BCUT2D eigenvalue weighted by Crippen LogP contribution is 2.22. The Kier molecular flexibility index (Phi) is 4.77. The third-order valence-corrected chi connectivity index (χ3v) is 3.63. The van der Waals surface area contributed by atoms with E-state index in [4.69, 9.17) is 5.73 Å². The second kappa shape index (κ2) is 5.92. The Balaban J connectivity index is 3.03. The van der Waals surface area contributed by atoms with Gasteiger partial charge in [-0.1, -0.05) is 0 Å². The smallest absolute Gasteiger partial charge is 0.253 e. The summed E-state index contributed by atoms with van der Waals surface area (Å²) >= 11 is 0. The van der Waals surface area contributed by atoms with E-state index in [1.807, 2.05) is 0 Å². The van der Waals surface area contributed by atoms with Crippen LogP contribution in [0.3, 0.4) is 0 Å². The van der Waals surface area contributed by atoms with E-state index >= 15 is 0 Å². The molecule has 1 rings (SSSR count). The number of benzene rings is 1. The van der Waals surface area contributed by atoms with Crippen LogP contribution in [0.15, 0.2) is 18.2 Å². The molecule has 1 aromatic carbocycles. The average molecular weight is 285 g/mol. The molecule has 0 fully saturated rings. The number of nitrogens with two attached hydrogens (primary N) is 1. The Hall–Kier alpha value is -1.76. The maximum Gasteiger partial charge on any atom is 0.253 e. The van der Waals surface area contributed by atoms with Crippen molar-refractivity contribution in [2.24, 2.45) is 0 Å². The van der Waals surface area contributed by atoms with Crippen LogP contribution in [0.2, 0.25) is 0 Å². The van der Waals surface area contributed by atoms with E-state index < -0.39 is 9.84 Å². The molecule has 0 heterocycles. The molecule has 0 saturated carbocycles. The zero-order valence-electron chi connectivity index (χ0n) is 11.3. The SMILES string of the molecule is CNC(=O)c1ccc(N)cc1N(C)CCS(C)(=O)=O. The molecule has 19 heavy (non-hydrogen) atoms. The highest BCUT2D eigenvalue weighted by Gasteiger charge is 2.15. The van der Waals surface area contributed by atoms with E-state index in [0.717, 1.165) is 0 Å². The first kappa shape index (κ1) is 15.3. The first-order chi connectivity index (χ1) is 8.74. The number of nitrogens with one attached hydrogen (secondary N) is 1. The third kappa shape index (κ3) is 4.44. The summed E-state index contributed by atoms with van der Waals surface area (Å²) in [5.74, 6) is -0.216. The van der Waals surface area contributed by atoms with Gasteiger partial charge in [-0.15, -0.1) is 0 Å². The molecule has 0 unspecified atom stereocenters. The fourth-order valence-electron chi connectivity index (χ4n) is 1.61. The maximum atomic E-state index is 11.8. The summed E-state index contributed by atoms with van der Waals surface area (Å²) in [6, 6.07) is 4.92. The molecule has 0 radical (unpaired) electrons. The van der Waals surface area contributed by atoms with Gasteiger partial charge in [0.1, 0.15) is 9.84 Å². The number of rotatable bonds is 5. The number of hydrogen-bond acceptors (Lipinski definition) is 5. The first-order valence-electron chi connectivity index (χ1n) is 5.75. The lowest BCUT2D eigenvalue weighted by molar-refractivity contribution is 0.0963. The van der Waals surface area contributed by atoms with Gasteiger partial charge in [0.05, 0.1) is 17.0 Å². The second-order valence-electron chi connectivity index (χ2n) is 4.41. The Bertz CT molecular complexity index is 570. The highest BCUT2D eigenvalue weighted by molar-refractivity contribution is 7.90. The minimum absolute atomic E-state index is 0.0193.